The molecule has 0 saturated carbocycles. The predicted molar refractivity (Wildman–Crippen MR) is 94.1 cm³/mol. The van der Waals surface area contributed by atoms with Crippen LogP contribution in [0.3, 0.4) is 0 Å². The molecule has 0 aliphatic carbocycles. The molecule has 3 rings (SSSR count). The number of carbonyl (C=O) groups is 1. The van der Waals surface area contributed by atoms with Crippen molar-refractivity contribution in [1.82, 2.24) is 9.88 Å². The summed E-state index contributed by atoms with van der Waals surface area (Å²) < 4.78 is 0. The second-order valence-electron chi connectivity index (χ2n) is 6.14. The normalized spacial score (nSPS) is 12.3. The number of amides is 1. The number of aromatic amines is 1. The lowest BCUT2D eigenvalue weighted by Gasteiger charge is -2.21. The fourth-order valence-electron chi connectivity index (χ4n) is 3.03. The monoisotopic (exact) mass is 306 g/mol. The van der Waals surface area contributed by atoms with Crippen LogP contribution in [0.25, 0.3) is 10.9 Å². The van der Waals surface area contributed by atoms with Crippen LogP contribution in [-0.4, -0.2) is 22.8 Å². The largest absolute Gasteiger partial charge is 0.361 e. The lowest BCUT2D eigenvalue weighted by atomic mass is 9.99. The molecule has 0 aliphatic rings. The second-order valence-corrected chi connectivity index (χ2v) is 6.14. The highest BCUT2D eigenvalue weighted by molar-refractivity contribution is 5.84. The maximum atomic E-state index is 12.6. The van der Waals surface area contributed by atoms with Crippen molar-refractivity contribution >= 4 is 16.8 Å². The van der Waals surface area contributed by atoms with Crippen LogP contribution in [0, 0.1) is 5.92 Å². The van der Waals surface area contributed by atoms with E-state index in [1.807, 2.05) is 67.5 Å². The molecule has 2 aromatic carbocycles. The Hall–Kier alpha value is -2.55. The first kappa shape index (κ1) is 15.3. The summed E-state index contributed by atoms with van der Waals surface area (Å²) in [5.41, 5.74) is 3.48. The summed E-state index contributed by atoms with van der Waals surface area (Å²) in [6, 6.07) is 18.3. The summed E-state index contributed by atoms with van der Waals surface area (Å²) in [6.07, 6.45) is 2.77. The first-order valence-electron chi connectivity index (χ1n) is 7.99. The highest BCUT2D eigenvalue weighted by Gasteiger charge is 2.19. The number of para-hydroxylation sites is 1. The SMILES string of the molecule is CC(Cc1c[nH]c2ccccc12)C(=O)N(C)Cc1ccccc1. The summed E-state index contributed by atoms with van der Waals surface area (Å²) in [4.78, 5) is 17.7. The molecule has 1 unspecified atom stereocenters. The topological polar surface area (TPSA) is 36.1 Å². The summed E-state index contributed by atoms with van der Waals surface area (Å²) in [5, 5.41) is 1.21. The molecule has 0 fully saturated rings. The molecule has 23 heavy (non-hydrogen) atoms. The minimum absolute atomic E-state index is 0.0390. The van der Waals surface area contributed by atoms with Crippen LogP contribution in [-0.2, 0) is 17.8 Å². The van der Waals surface area contributed by atoms with Gasteiger partial charge in [-0.1, -0.05) is 55.5 Å². The van der Waals surface area contributed by atoms with E-state index in [1.54, 1.807) is 0 Å². The number of H-pyrrole nitrogens is 1. The average molecular weight is 306 g/mol. The molecule has 118 valence electrons. The van der Waals surface area contributed by atoms with Gasteiger partial charge in [0.25, 0.3) is 0 Å². The fraction of sp³-hybridized carbons (Fsp3) is 0.250. The van der Waals surface area contributed by atoms with E-state index in [0.717, 1.165) is 17.5 Å². The third kappa shape index (κ3) is 3.45. The standard InChI is InChI=1S/C20H22N2O/c1-15(12-17-13-21-19-11-7-6-10-18(17)19)20(23)22(2)14-16-8-4-3-5-9-16/h3-11,13,15,21H,12,14H2,1-2H3. The highest BCUT2D eigenvalue weighted by Crippen LogP contribution is 2.21. The summed E-state index contributed by atoms with van der Waals surface area (Å²) >= 11 is 0. The van der Waals surface area contributed by atoms with Crippen LogP contribution in [0.1, 0.15) is 18.1 Å². The number of nitrogens with one attached hydrogen (secondary N) is 1. The van der Waals surface area contributed by atoms with Crippen molar-refractivity contribution < 1.29 is 4.79 Å². The summed E-state index contributed by atoms with van der Waals surface area (Å²) in [5.74, 6) is 0.141. The lowest BCUT2D eigenvalue weighted by molar-refractivity contribution is -0.134. The van der Waals surface area contributed by atoms with Gasteiger partial charge in [0.05, 0.1) is 0 Å². The molecule has 0 spiro atoms. The Bertz CT molecular complexity index is 792. The van der Waals surface area contributed by atoms with Gasteiger partial charge in [-0.15, -0.1) is 0 Å². The Kier molecular flexibility index (Phi) is 4.47. The third-order valence-electron chi connectivity index (χ3n) is 4.26. The van der Waals surface area contributed by atoms with Gasteiger partial charge in [0.15, 0.2) is 0 Å². The van der Waals surface area contributed by atoms with Crippen LogP contribution < -0.4 is 0 Å². The molecular formula is C20H22N2O. The number of aromatic nitrogens is 1. The van der Waals surface area contributed by atoms with Crippen LogP contribution in [0.2, 0.25) is 0 Å². The van der Waals surface area contributed by atoms with Gasteiger partial charge >= 0.3 is 0 Å². The highest BCUT2D eigenvalue weighted by atomic mass is 16.2. The number of hydrogen-bond donors (Lipinski definition) is 1. The van der Waals surface area contributed by atoms with Crippen molar-refractivity contribution in [1.29, 1.82) is 0 Å². The zero-order chi connectivity index (χ0) is 16.2. The Morgan fingerprint density at radius 2 is 1.78 bits per heavy atom. The molecule has 1 amide bonds. The minimum atomic E-state index is -0.0390. The first-order valence-corrected chi connectivity index (χ1v) is 7.99. The summed E-state index contributed by atoms with van der Waals surface area (Å²) in [7, 11) is 1.88. The van der Waals surface area contributed by atoms with E-state index in [4.69, 9.17) is 0 Å². The Morgan fingerprint density at radius 3 is 2.57 bits per heavy atom. The van der Waals surface area contributed by atoms with Crippen molar-refractivity contribution in [2.45, 2.75) is 19.9 Å². The number of hydrogen-bond acceptors (Lipinski definition) is 1. The van der Waals surface area contributed by atoms with Crippen molar-refractivity contribution in [2.24, 2.45) is 5.92 Å². The van der Waals surface area contributed by atoms with Crippen molar-refractivity contribution in [2.75, 3.05) is 7.05 Å². The minimum Gasteiger partial charge on any atom is -0.361 e. The van der Waals surface area contributed by atoms with Gasteiger partial charge in [0.2, 0.25) is 5.91 Å². The van der Waals surface area contributed by atoms with Gasteiger partial charge < -0.3 is 9.88 Å². The molecule has 0 bridgehead atoms. The van der Waals surface area contributed by atoms with Gasteiger partial charge in [0, 0.05) is 36.6 Å². The van der Waals surface area contributed by atoms with Crippen LogP contribution in [0.5, 0.6) is 0 Å². The van der Waals surface area contributed by atoms with Gasteiger partial charge in [0.1, 0.15) is 0 Å². The van der Waals surface area contributed by atoms with Crippen molar-refractivity contribution in [3.05, 3.63) is 71.9 Å². The number of nitrogens with zero attached hydrogens (tertiary/aromatic N) is 1. The molecular weight excluding hydrogens is 284 g/mol. The molecule has 0 saturated heterocycles. The van der Waals surface area contributed by atoms with Gasteiger partial charge in [-0.2, -0.15) is 0 Å². The zero-order valence-electron chi connectivity index (χ0n) is 13.6. The fourth-order valence-corrected chi connectivity index (χ4v) is 3.03. The van der Waals surface area contributed by atoms with E-state index >= 15 is 0 Å². The first-order chi connectivity index (χ1) is 11.1. The summed E-state index contributed by atoms with van der Waals surface area (Å²) in [6.45, 7) is 2.66. The number of carbonyl (C=O) groups excluding carboxylic acids is 1. The molecule has 1 heterocycles. The Balaban J connectivity index is 1.67. The lowest BCUT2D eigenvalue weighted by Crippen LogP contribution is -2.32. The predicted octanol–water partition coefficient (Wildman–Crippen LogP) is 4.01. The smallest absolute Gasteiger partial charge is 0.225 e. The van der Waals surface area contributed by atoms with Crippen LogP contribution >= 0.6 is 0 Å². The van der Waals surface area contributed by atoms with E-state index in [-0.39, 0.29) is 11.8 Å². The number of rotatable bonds is 5. The molecule has 3 heteroatoms. The van der Waals surface area contributed by atoms with Crippen LogP contribution in [0.15, 0.2) is 60.8 Å². The van der Waals surface area contributed by atoms with E-state index < -0.39 is 0 Å². The average Bonchev–Trinajstić information content (AvgIpc) is 2.98. The van der Waals surface area contributed by atoms with Gasteiger partial charge in [-0.3, -0.25) is 4.79 Å². The molecule has 0 aliphatic heterocycles. The molecule has 1 atom stereocenters. The second kappa shape index (κ2) is 6.69. The van der Waals surface area contributed by atoms with E-state index in [0.29, 0.717) is 6.54 Å². The molecule has 1 aromatic heterocycles. The van der Waals surface area contributed by atoms with Crippen molar-refractivity contribution in [3.63, 3.8) is 0 Å². The van der Waals surface area contributed by atoms with Crippen LogP contribution in [0.4, 0.5) is 0 Å². The van der Waals surface area contributed by atoms with E-state index in [9.17, 15) is 4.79 Å². The van der Waals surface area contributed by atoms with E-state index in [2.05, 4.69) is 17.1 Å². The Morgan fingerprint density at radius 1 is 1.09 bits per heavy atom. The van der Waals surface area contributed by atoms with Gasteiger partial charge in [-0.05, 0) is 23.6 Å². The Labute approximate surface area is 136 Å². The number of fused-ring (bicyclic) bond motifs is 1. The molecule has 3 aromatic rings. The number of benzene rings is 2. The third-order valence-corrected chi connectivity index (χ3v) is 4.26. The molecule has 0 radical (unpaired) electrons. The zero-order valence-corrected chi connectivity index (χ0v) is 13.6. The van der Waals surface area contributed by atoms with Gasteiger partial charge in [-0.25, -0.2) is 0 Å². The van der Waals surface area contributed by atoms with Crippen molar-refractivity contribution in [3.8, 4) is 0 Å². The molecule has 3 nitrogen and oxygen atoms in total. The maximum Gasteiger partial charge on any atom is 0.225 e. The quantitative estimate of drug-likeness (QED) is 0.760. The maximum absolute atomic E-state index is 12.6. The molecule has 1 N–H and O–H groups in total. The van der Waals surface area contributed by atoms with E-state index in [1.165, 1.54) is 10.9 Å².